The Morgan fingerprint density at radius 3 is 1.03 bits per heavy atom. The molecule has 0 aliphatic rings. The summed E-state index contributed by atoms with van der Waals surface area (Å²) in [5.74, 6) is 0. The van der Waals surface area contributed by atoms with Gasteiger partial charge in [-0.2, -0.15) is 8.42 Å². The fraction of sp³-hybridized carbons (Fsp3) is 0.844. The molecule has 218 valence electrons. The molecule has 5 heteroatoms. The summed E-state index contributed by atoms with van der Waals surface area (Å²) < 4.78 is 32.8. The number of hydrogen-bond donors (Lipinski definition) is 1. The molecule has 0 spiro atoms. The van der Waals surface area contributed by atoms with Crippen LogP contribution in [0.15, 0.2) is 30.6 Å². The zero-order valence-corrected chi connectivity index (χ0v) is 25.4. The first kappa shape index (κ1) is 36.1. The summed E-state index contributed by atoms with van der Waals surface area (Å²) in [6.45, 7) is 4.48. The van der Waals surface area contributed by atoms with Gasteiger partial charge in [0.1, 0.15) is 0 Å². The lowest BCUT2D eigenvalue weighted by molar-refractivity contribution is 0.442. The fourth-order valence-corrected chi connectivity index (χ4v) is 5.76. The van der Waals surface area contributed by atoms with Crippen LogP contribution in [0.25, 0.3) is 0 Å². The molecule has 0 aromatic carbocycles. The van der Waals surface area contributed by atoms with Crippen LogP contribution in [0.2, 0.25) is 0 Å². The summed E-state index contributed by atoms with van der Waals surface area (Å²) in [7, 11) is -3.88. The van der Waals surface area contributed by atoms with Crippen molar-refractivity contribution >= 4 is 10.1 Å². The summed E-state index contributed by atoms with van der Waals surface area (Å²) in [5.41, 5.74) is 0. The van der Waals surface area contributed by atoms with E-state index < -0.39 is 15.4 Å². The van der Waals surface area contributed by atoms with E-state index in [1.54, 1.807) is 12.4 Å². The summed E-state index contributed by atoms with van der Waals surface area (Å²) in [6, 6.07) is 5.72. The van der Waals surface area contributed by atoms with Crippen LogP contribution in [-0.2, 0) is 10.1 Å². The third-order valence-electron chi connectivity index (χ3n) is 7.25. The Labute approximate surface area is 231 Å². The molecule has 0 saturated carbocycles. The number of nitrogens with zero attached hydrogens (tertiary/aromatic N) is 1. The molecule has 1 aromatic rings. The molecular formula is C32H61NO3S. The zero-order chi connectivity index (χ0) is 27.3. The molecule has 0 aliphatic carbocycles. The topological polar surface area (TPSA) is 67.3 Å². The third kappa shape index (κ3) is 27.9. The minimum Gasteiger partial charge on any atom is -0.285 e. The summed E-state index contributed by atoms with van der Waals surface area (Å²) in [6.07, 6.45) is 32.9. The van der Waals surface area contributed by atoms with Gasteiger partial charge in [-0.05, 0) is 25.0 Å². The Balaban J connectivity index is 0.00000187. The van der Waals surface area contributed by atoms with Crippen molar-refractivity contribution in [1.82, 2.24) is 4.98 Å². The second-order valence-corrected chi connectivity index (χ2v) is 12.5. The lowest BCUT2D eigenvalue weighted by atomic mass is 10.0. The molecule has 0 radical (unpaired) electrons. The highest BCUT2D eigenvalue weighted by Crippen LogP contribution is 2.19. The molecule has 0 aliphatic heterocycles. The first-order valence-electron chi connectivity index (χ1n) is 15.8. The smallest absolute Gasteiger partial charge is 0.267 e. The van der Waals surface area contributed by atoms with Crippen molar-refractivity contribution in [3.63, 3.8) is 0 Å². The molecule has 0 saturated heterocycles. The maximum absolute atomic E-state index is 11.6. The van der Waals surface area contributed by atoms with Gasteiger partial charge in [-0.25, -0.2) is 0 Å². The predicted molar refractivity (Wildman–Crippen MR) is 162 cm³/mol. The molecule has 4 nitrogen and oxygen atoms in total. The summed E-state index contributed by atoms with van der Waals surface area (Å²) in [4.78, 5) is 3.78. The first-order chi connectivity index (χ1) is 18.0. The molecular weight excluding hydrogens is 478 g/mol. The van der Waals surface area contributed by atoms with Crippen molar-refractivity contribution in [3.05, 3.63) is 30.6 Å². The van der Waals surface area contributed by atoms with Crippen LogP contribution >= 0.6 is 0 Å². The average Bonchev–Trinajstić information content (AvgIpc) is 2.90. The van der Waals surface area contributed by atoms with Crippen molar-refractivity contribution in [2.75, 3.05) is 0 Å². The van der Waals surface area contributed by atoms with Crippen LogP contribution in [0.1, 0.15) is 168 Å². The lowest BCUT2D eigenvalue weighted by Crippen LogP contribution is -2.20. The van der Waals surface area contributed by atoms with Gasteiger partial charge in [0.05, 0.1) is 5.25 Å². The van der Waals surface area contributed by atoms with Crippen molar-refractivity contribution in [1.29, 1.82) is 0 Å². The van der Waals surface area contributed by atoms with Crippen LogP contribution in [0.5, 0.6) is 0 Å². The fourth-order valence-electron chi connectivity index (χ4n) is 4.83. The SMILES string of the molecule is CCCCCCCCCCCCCCCCCCC(CCCCCCCC)S(=O)(=O)O.c1ccncc1. The molecule has 1 atom stereocenters. The third-order valence-corrected chi connectivity index (χ3v) is 8.56. The van der Waals surface area contributed by atoms with Gasteiger partial charge in [0.15, 0.2) is 0 Å². The predicted octanol–water partition coefficient (Wildman–Crippen LogP) is 10.7. The van der Waals surface area contributed by atoms with Crippen LogP contribution < -0.4 is 0 Å². The highest BCUT2D eigenvalue weighted by molar-refractivity contribution is 7.86. The van der Waals surface area contributed by atoms with Crippen LogP contribution in [-0.4, -0.2) is 23.2 Å². The van der Waals surface area contributed by atoms with Gasteiger partial charge in [-0.1, -0.05) is 161 Å². The van der Waals surface area contributed by atoms with Crippen LogP contribution in [0.3, 0.4) is 0 Å². The van der Waals surface area contributed by atoms with E-state index in [9.17, 15) is 13.0 Å². The van der Waals surface area contributed by atoms with Gasteiger partial charge in [-0.15, -0.1) is 0 Å². The minimum absolute atomic E-state index is 0.537. The van der Waals surface area contributed by atoms with E-state index in [4.69, 9.17) is 0 Å². The Morgan fingerprint density at radius 1 is 0.514 bits per heavy atom. The zero-order valence-electron chi connectivity index (χ0n) is 24.6. The van der Waals surface area contributed by atoms with E-state index in [-0.39, 0.29) is 0 Å². The van der Waals surface area contributed by atoms with Gasteiger partial charge in [0.2, 0.25) is 0 Å². The lowest BCUT2D eigenvalue weighted by Gasteiger charge is -2.13. The molecule has 1 unspecified atom stereocenters. The van der Waals surface area contributed by atoms with Gasteiger partial charge in [-0.3, -0.25) is 9.54 Å². The number of aromatic nitrogens is 1. The van der Waals surface area contributed by atoms with Gasteiger partial charge in [0.25, 0.3) is 10.1 Å². The number of rotatable bonds is 25. The van der Waals surface area contributed by atoms with Crippen LogP contribution in [0, 0.1) is 0 Å². The first-order valence-corrected chi connectivity index (χ1v) is 17.3. The maximum Gasteiger partial charge on any atom is 0.267 e. The Morgan fingerprint density at radius 2 is 0.811 bits per heavy atom. The molecule has 1 heterocycles. The van der Waals surface area contributed by atoms with Gasteiger partial charge in [0, 0.05) is 12.4 Å². The van der Waals surface area contributed by atoms with Gasteiger partial charge < -0.3 is 0 Å². The molecule has 1 rings (SSSR count). The molecule has 1 aromatic heterocycles. The Bertz CT molecular complexity index is 625. The normalized spacial score (nSPS) is 12.2. The number of pyridine rings is 1. The minimum atomic E-state index is -3.88. The number of hydrogen-bond acceptors (Lipinski definition) is 3. The molecule has 37 heavy (non-hydrogen) atoms. The molecule has 1 N–H and O–H groups in total. The molecule has 0 bridgehead atoms. The standard InChI is InChI=1S/C27H56O3S.C5H5N/c1-3-5-7-9-11-12-13-14-15-16-17-18-19-20-22-24-26-27(31(28,29)30)25-23-21-10-8-6-4-2;1-2-4-6-5-3-1/h27H,3-26H2,1-2H3,(H,28,29,30);1-5H. The van der Waals surface area contributed by atoms with Crippen LogP contribution in [0.4, 0.5) is 0 Å². The molecule has 0 fully saturated rings. The second kappa shape index (κ2) is 28.1. The Kier molecular flexibility index (Phi) is 27.4. The monoisotopic (exact) mass is 539 g/mol. The van der Waals surface area contributed by atoms with E-state index in [1.165, 1.54) is 116 Å². The van der Waals surface area contributed by atoms with Crippen molar-refractivity contribution in [2.24, 2.45) is 0 Å². The van der Waals surface area contributed by atoms with E-state index in [0.29, 0.717) is 12.8 Å². The van der Waals surface area contributed by atoms with Crippen molar-refractivity contribution < 1.29 is 13.0 Å². The molecule has 0 amide bonds. The van der Waals surface area contributed by atoms with E-state index in [2.05, 4.69) is 18.8 Å². The quantitative estimate of drug-likeness (QED) is 0.0991. The summed E-state index contributed by atoms with van der Waals surface area (Å²) in [5, 5.41) is -0.537. The highest BCUT2D eigenvalue weighted by Gasteiger charge is 2.21. The van der Waals surface area contributed by atoms with E-state index in [1.807, 2.05) is 18.2 Å². The van der Waals surface area contributed by atoms with Crippen molar-refractivity contribution in [3.8, 4) is 0 Å². The second-order valence-electron chi connectivity index (χ2n) is 10.8. The van der Waals surface area contributed by atoms with E-state index >= 15 is 0 Å². The van der Waals surface area contributed by atoms with Gasteiger partial charge >= 0.3 is 0 Å². The Hall–Kier alpha value is -0.940. The largest absolute Gasteiger partial charge is 0.285 e. The highest BCUT2D eigenvalue weighted by atomic mass is 32.2. The maximum atomic E-state index is 11.6. The number of unbranched alkanes of at least 4 members (excludes halogenated alkanes) is 20. The summed E-state index contributed by atoms with van der Waals surface area (Å²) >= 11 is 0. The van der Waals surface area contributed by atoms with Crippen molar-refractivity contribution in [2.45, 2.75) is 173 Å². The van der Waals surface area contributed by atoms with E-state index in [0.717, 1.165) is 25.7 Å². The average molecular weight is 540 g/mol.